The van der Waals surface area contributed by atoms with Gasteiger partial charge in [-0.1, -0.05) is 0 Å². The van der Waals surface area contributed by atoms with Crippen molar-refractivity contribution in [2.24, 2.45) is 0 Å². The molecular formula is C18H14O9. The van der Waals surface area contributed by atoms with Crippen molar-refractivity contribution in [3.8, 4) is 74.0 Å². The summed E-state index contributed by atoms with van der Waals surface area (Å²) in [5, 5.41) is 88.5. The first kappa shape index (κ1) is 17.7. The second kappa shape index (κ2) is 5.99. The first-order valence-corrected chi connectivity index (χ1v) is 7.41. The predicted octanol–water partition coefficient (Wildman–Crippen LogP) is 2.37. The van der Waals surface area contributed by atoms with Gasteiger partial charge in [-0.15, -0.1) is 0 Å². The molecule has 0 bridgehead atoms. The van der Waals surface area contributed by atoms with Crippen molar-refractivity contribution in [2.45, 2.75) is 0 Å². The highest BCUT2D eigenvalue weighted by Gasteiger charge is 2.24. The van der Waals surface area contributed by atoms with Crippen molar-refractivity contribution in [1.29, 1.82) is 0 Å². The van der Waals surface area contributed by atoms with Gasteiger partial charge in [-0.3, -0.25) is 0 Å². The Kier molecular flexibility index (Phi) is 3.92. The second-order valence-electron chi connectivity index (χ2n) is 5.68. The zero-order valence-electron chi connectivity index (χ0n) is 13.4. The van der Waals surface area contributed by atoms with Gasteiger partial charge in [-0.25, -0.2) is 0 Å². The number of hydrogen-bond donors (Lipinski definition) is 9. The molecule has 0 saturated carbocycles. The van der Waals surface area contributed by atoms with Crippen LogP contribution in [0.3, 0.4) is 0 Å². The molecule has 0 amide bonds. The SMILES string of the molecule is Oc1ccc(-c2cc(-c3ccc(O)c(O)c3O)c(O)c(O)c2O)c(O)c1O. The fourth-order valence-electron chi connectivity index (χ4n) is 2.63. The van der Waals surface area contributed by atoms with Crippen LogP contribution >= 0.6 is 0 Å². The molecular weight excluding hydrogens is 360 g/mol. The third-order valence-corrected chi connectivity index (χ3v) is 4.09. The maximum absolute atomic E-state index is 10.1. The highest BCUT2D eigenvalue weighted by Crippen LogP contribution is 2.54. The number of phenols is 9. The quantitative estimate of drug-likeness (QED) is 0.304. The molecule has 0 heterocycles. The Hall–Kier alpha value is -4.14. The lowest BCUT2D eigenvalue weighted by Gasteiger charge is -2.15. The number of aromatic hydroxyl groups is 9. The third kappa shape index (κ3) is 2.58. The van der Waals surface area contributed by atoms with Gasteiger partial charge < -0.3 is 46.0 Å². The van der Waals surface area contributed by atoms with Gasteiger partial charge in [0.15, 0.2) is 34.5 Å². The third-order valence-electron chi connectivity index (χ3n) is 4.09. The molecule has 0 unspecified atom stereocenters. The smallest absolute Gasteiger partial charge is 0.201 e. The monoisotopic (exact) mass is 374 g/mol. The Morgan fingerprint density at radius 1 is 0.333 bits per heavy atom. The van der Waals surface area contributed by atoms with Crippen molar-refractivity contribution in [3.63, 3.8) is 0 Å². The minimum atomic E-state index is -0.999. The Balaban J connectivity index is 2.35. The predicted molar refractivity (Wildman–Crippen MR) is 92.3 cm³/mol. The minimum absolute atomic E-state index is 0.207. The van der Waals surface area contributed by atoms with E-state index in [1.54, 1.807) is 0 Å². The summed E-state index contributed by atoms with van der Waals surface area (Å²) in [7, 11) is 0. The summed E-state index contributed by atoms with van der Waals surface area (Å²) >= 11 is 0. The Morgan fingerprint density at radius 2 is 0.667 bits per heavy atom. The summed E-state index contributed by atoms with van der Waals surface area (Å²) in [6, 6.07) is 5.37. The fourth-order valence-corrected chi connectivity index (χ4v) is 2.63. The fraction of sp³-hybridized carbons (Fsp3) is 0. The van der Waals surface area contributed by atoms with Gasteiger partial charge in [0.1, 0.15) is 0 Å². The second-order valence-corrected chi connectivity index (χ2v) is 5.68. The number of phenolic OH excluding ortho intramolecular Hbond substituents is 9. The van der Waals surface area contributed by atoms with E-state index in [0.717, 1.165) is 30.3 Å². The molecule has 9 heteroatoms. The van der Waals surface area contributed by atoms with Crippen LogP contribution in [0.15, 0.2) is 30.3 Å². The number of benzene rings is 3. The summed E-state index contributed by atoms with van der Waals surface area (Å²) in [5.74, 6) is -7.30. The Labute approximate surface area is 151 Å². The van der Waals surface area contributed by atoms with E-state index in [1.165, 1.54) is 0 Å². The molecule has 140 valence electrons. The largest absolute Gasteiger partial charge is 0.504 e. The lowest BCUT2D eigenvalue weighted by molar-refractivity contribution is 0.364. The van der Waals surface area contributed by atoms with Crippen molar-refractivity contribution in [1.82, 2.24) is 0 Å². The summed E-state index contributed by atoms with van der Waals surface area (Å²) in [6.45, 7) is 0. The van der Waals surface area contributed by atoms with E-state index in [2.05, 4.69) is 0 Å². The van der Waals surface area contributed by atoms with Gasteiger partial charge in [-0.05, 0) is 30.3 Å². The first-order chi connectivity index (χ1) is 12.6. The molecule has 0 atom stereocenters. The van der Waals surface area contributed by atoms with E-state index in [9.17, 15) is 46.0 Å². The van der Waals surface area contributed by atoms with E-state index in [4.69, 9.17) is 0 Å². The summed E-state index contributed by atoms with van der Waals surface area (Å²) in [5.41, 5.74) is -0.941. The maximum Gasteiger partial charge on any atom is 0.201 e. The molecule has 0 aliphatic heterocycles. The highest BCUT2D eigenvalue weighted by atomic mass is 16.3. The van der Waals surface area contributed by atoms with Gasteiger partial charge in [-0.2, -0.15) is 0 Å². The van der Waals surface area contributed by atoms with Gasteiger partial charge in [0.25, 0.3) is 0 Å². The molecule has 27 heavy (non-hydrogen) atoms. The lowest BCUT2D eigenvalue weighted by atomic mass is 9.95. The summed E-state index contributed by atoms with van der Waals surface area (Å²) < 4.78 is 0. The average molecular weight is 374 g/mol. The van der Waals surface area contributed by atoms with Crippen LogP contribution in [0.2, 0.25) is 0 Å². The molecule has 9 N–H and O–H groups in total. The van der Waals surface area contributed by atoms with Crippen LogP contribution in [-0.2, 0) is 0 Å². The van der Waals surface area contributed by atoms with Crippen molar-refractivity contribution in [3.05, 3.63) is 30.3 Å². The van der Waals surface area contributed by atoms with Crippen molar-refractivity contribution < 1.29 is 46.0 Å². The van der Waals surface area contributed by atoms with Crippen LogP contribution in [0, 0.1) is 0 Å². The average Bonchev–Trinajstić information content (AvgIpc) is 2.64. The van der Waals surface area contributed by atoms with Crippen LogP contribution in [0.1, 0.15) is 0 Å². The molecule has 0 aliphatic rings. The highest BCUT2D eigenvalue weighted by molar-refractivity contribution is 5.90. The Morgan fingerprint density at radius 3 is 1.04 bits per heavy atom. The normalized spacial score (nSPS) is 10.8. The number of hydrogen-bond acceptors (Lipinski definition) is 9. The minimum Gasteiger partial charge on any atom is -0.504 e. The maximum atomic E-state index is 10.1. The zero-order chi connectivity index (χ0) is 20.0. The van der Waals surface area contributed by atoms with Gasteiger partial charge in [0, 0.05) is 22.3 Å². The molecule has 3 aromatic carbocycles. The van der Waals surface area contributed by atoms with Gasteiger partial charge in [0.05, 0.1) is 0 Å². The van der Waals surface area contributed by atoms with Crippen LogP contribution in [0.25, 0.3) is 22.3 Å². The van der Waals surface area contributed by atoms with Crippen LogP contribution < -0.4 is 0 Å². The van der Waals surface area contributed by atoms with E-state index in [0.29, 0.717) is 0 Å². The summed E-state index contributed by atoms with van der Waals surface area (Å²) in [6.07, 6.45) is 0. The molecule has 0 radical (unpaired) electrons. The molecule has 0 fully saturated rings. The molecule has 3 rings (SSSR count). The molecule has 9 nitrogen and oxygen atoms in total. The summed E-state index contributed by atoms with van der Waals surface area (Å²) in [4.78, 5) is 0. The van der Waals surface area contributed by atoms with E-state index >= 15 is 0 Å². The van der Waals surface area contributed by atoms with Crippen LogP contribution in [0.5, 0.6) is 51.7 Å². The van der Waals surface area contributed by atoms with Gasteiger partial charge in [0.2, 0.25) is 17.2 Å². The Bertz CT molecular complexity index is 992. The molecule has 3 aromatic rings. The van der Waals surface area contributed by atoms with Crippen LogP contribution in [-0.4, -0.2) is 46.0 Å². The van der Waals surface area contributed by atoms with E-state index in [1.807, 2.05) is 0 Å². The standard InChI is InChI=1S/C18H14O9/c19-10-3-1-6(12(21)16(10)25)8-5-9(15(24)18(27)14(8)23)7-2-4-11(20)17(26)13(7)22/h1-5,19-27H. The van der Waals surface area contributed by atoms with Crippen molar-refractivity contribution >= 4 is 0 Å². The molecule has 0 aromatic heterocycles. The lowest BCUT2D eigenvalue weighted by Crippen LogP contribution is -1.88. The number of rotatable bonds is 2. The zero-order valence-corrected chi connectivity index (χ0v) is 13.4. The molecule has 0 saturated heterocycles. The molecule has 0 aliphatic carbocycles. The van der Waals surface area contributed by atoms with Crippen LogP contribution in [0.4, 0.5) is 0 Å². The topological polar surface area (TPSA) is 182 Å². The van der Waals surface area contributed by atoms with Gasteiger partial charge >= 0.3 is 0 Å². The first-order valence-electron chi connectivity index (χ1n) is 7.41. The van der Waals surface area contributed by atoms with E-state index in [-0.39, 0.29) is 22.3 Å². The van der Waals surface area contributed by atoms with E-state index < -0.39 is 51.7 Å². The van der Waals surface area contributed by atoms with Crippen molar-refractivity contribution in [2.75, 3.05) is 0 Å². The molecule has 0 spiro atoms.